The molecule has 3 heteroatoms. The minimum absolute atomic E-state index is 0.0491. The number of nitrogens with zero attached hydrogens (tertiary/aromatic N) is 1. The number of aryl methyl sites for hydroxylation is 2. The average molecular weight is 351 g/mol. The van der Waals surface area contributed by atoms with Crippen molar-refractivity contribution in [2.75, 3.05) is 13.1 Å². The number of fused-ring (bicyclic) bond motifs is 1. The molecule has 0 bridgehead atoms. The zero-order valence-electron chi connectivity index (χ0n) is 16.2. The van der Waals surface area contributed by atoms with Crippen molar-refractivity contribution < 1.29 is 4.79 Å². The maximum absolute atomic E-state index is 12.3. The fraction of sp³-hybridized carbons (Fsp3) is 0.435. The first-order valence-corrected chi connectivity index (χ1v) is 9.58. The van der Waals surface area contributed by atoms with E-state index in [4.69, 9.17) is 0 Å². The predicted molar refractivity (Wildman–Crippen MR) is 107 cm³/mol. The second kappa shape index (κ2) is 8.05. The molecule has 3 rings (SSSR count). The Balaban J connectivity index is 1.49. The molecule has 26 heavy (non-hydrogen) atoms. The van der Waals surface area contributed by atoms with Crippen LogP contribution < -0.4 is 5.32 Å². The van der Waals surface area contributed by atoms with Gasteiger partial charge < -0.3 is 5.32 Å². The summed E-state index contributed by atoms with van der Waals surface area (Å²) in [5, 5.41) is 3.15. The van der Waals surface area contributed by atoms with Gasteiger partial charge >= 0.3 is 0 Å². The number of hydrogen-bond acceptors (Lipinski definition) is 2. The van der Waals surface area contributed by atoms with Gasteiger partial charge in [0.05, 0.1) is 0 Å². The number of nitrogens with one attached hydrogen (secondary N) is 1. The van der Waals surface area contributed by atoms with Crippen LogP contribution in [-0.2, 0) is 24.2 Å². The van der Waals surface area contributed by atoms with E-state index in [2.05, 4.69) is 79.5 Å². The van der Waals surface area contributed by atoms with Gasteiger partial charge in [0.25, 0.3) is 0 Å². The third-order valence-corrected chi connectivity index (χ3v) is 5.43. The molecule has 0 saturated carbocycles. The van der Waals surface area contributed by atoms with Crippen molar-refractivity contribution in [3.8, 4) is 0 Å². The normalized spacial score (nSPS) is 14.7. The summed E-state index contributed by atoms with van der Waals surface area (Å²) in [5.74, 6) is 0.136. The Kier molecular flexibility index (Phi) is 5.77. The summed E-state index contributed by atoms with van der Waals surface area (Å²) >= 11 is 0. The number of carbonyl (C=O) groups is 1. The average Bonchev–Trinajstić information content (AvgIpc) is 2.64. The molecule has 3 nitrogen and oxygen atoms in total. The minimum Gasteiger partial charge on any atom is -0.354 e. The molecule has 2 aromatic rings. The largest absolute Gasteiger partial charge is 0.354 e. The number of hydrogen-bond donors (Lipinski definition) is 1. The van der Waals surface area contributed by atoms with Crippen molar-refractivity contribution in [3.05, 3.63) is 70.8 Å². The van der Waals surface area contributed by atoms with E-state index in [9.17, 15) is 4.79 Å². The Morgan fingerprint density at radius 1 is 1.12 bits per heavy atom. The van der Waals surface area contributed by atoms with E-state index >= 15 is 0 Å². The second-order valence-corrected chi connectivity index (χ2v) is 8.02. The Bertz CT molecular complexity index is 766. The van der Waals surface area contributed by atoms with Crippen LogP contribution in [0.4, 0.5) is 0 Å². The minimum atomic E-state index is -0.0491. The molecule has 1 aliphatic rings. The second-order valence-electron chi connectivity index (χ2n) is 8.02. The fourth-order valence-corrected chi connectivity index (χ4v) is 3.65. The third kappa shape index (κ3) is 4.73. The molecule has 0 unspecified atom stereocenters. The van der Waals surface area contributed by atoms with E-state index in [1.807, 2.05) is 0 Å². The van der Waals surface area contributed by atoms with Gasteiger partial charge in [-0.25, -0.2) is 0 Å². The van der Waals surface area contributed by atoms with Gasteiger partial charge in [0, 0.05) is 31.6 Å². The van der Waals surface area contributed by atoms with Crippen LogP contribution in [0.25, 0.3) is 0 Å². The Morgan fingerprint density at radius 3 is 2.65 bits per heavy atom. The van der Waals surface area contributed by atoms with E-state index in [0.29, 0.717) is 13.0 Å². The molecule has 2 aromatic carbocycles. The molecule has 0 saturated heterocycles. The van der Waals surface area contributed by atoms with E-state index in [1.165, 1.54) is 22.3 Å². The number of rotatable bonds is 6. The lowest BCUT2D eigenvalue weighted by molar-refractivity contribution is -0.121. The summed E-state index contributed by atoms with van der Waals surface area (Å²) in [5.41, 5.74) is 5.30. The molecular formula is C23H30N2O. The lowest BCUT2D eigenvalue weighted by Gasteiger charge is -2.41. The van der Waals surface area contributed by atoms with Gasteiger partial charge in [0.1, 0.15) is 0 Å². The molecule has 1 N–H and O–H groups in total. The quantitative estimate of drug-likeness (QED) is 0.857. The van der Waals surface area contributed by atoms with Crippen LogP contribution in [0.3, 0.4) is 0 Å². The summed E-state index contributed by atoms with van der Waals surface area (Å²) < 4.78 is 0. The van der Waals surface area contributed by atoms with Crippen LogP contribution in [0, 0.1) is 6.92 Å². The number of amides is 1. The monoisotopic (exact) mass is 350 g/mol. The van der Waals surface area contributed by atoms with E-state index < -0.39 is 0 Å². The van der Waals surface area contributed by atoms with E-state index in [0.717, 1.165) is 25.9 Å². The number of benzene rings is 2. The molecule has 0 atom stereocenters. The zero-order valence-corrected chi connectivity index (χ0v) is 16.2. The van der Waals surface area contributed by atoms with Gasteiger partial charge in [-0.05, 0) is 50.3 Å². The Labute approximate surface area is 157 Å². The van der Waals surface area contributed by atoms with Crippen LogP contribution in [0.15, 0.2) is 48.5 Å². The summed E-state index contributed by atoms with van der Waals surface area (Å²) in [4.78, 5) is 14.8. The van der Waals surface area contributed by atoms with Crippen molar-refractivity contribution in [3.63, 3.8) is 0 Å². The highest BCUT2D eigenvalue weighted by atomic mass is 16.1. The first kappa shape index (κ1) is 18.7. The fourth-order valence-electron chi connectivity index (χ4n) is 3.65. The van der Waals surface area contributed by atoms with Crippen molar-refractivity contribution >= 4 is 5.91 Å². The molecule has 0 spiro atoms. The zero-order chi connectivity index (χ0) is 18.6. The van der Waals surface area contributed by atoms with E-state index in [-0.39, 0.29) is 11.4 Å². The van der Waals surface area contributed by atoms with Crippen LogP contribution >= 0.6 is 0 Å². The van der Waals surface area contributed by atoms with Crippen LogP contribution in [-0.4, -0.2) is 29.4 Å². The molecule has 0 fully saturated rings. The molecule has 0 radical (unpaired) electrons. The standard InChI is InChI=1S/C23H30N2O/c1-18-7-6-8-19(15-18)11-12-22(26)24-17-23(2,3)25-14-13-20-9-4-5-10-21(20)16-25/h4-10,15H,11-14,16-17H2,1-3H3,(H,24,26). The highest BCUT2D eigenvalue weighted by Crippen LogP contribution is 2.24. The Morgan fingerprint density at radius 2 is 1.88 bits per heavy atom. The summed E-state index contributed by atoms with van der Waals surface area (Å²) in [7, 11) is 0. The molecule has 1 aliphatic heterocycles. The molecule has 1 amide bonds. The molecule has 1 heterocycles. The lowest BCUT2D eigenvalue weighted by Crippen LogP contribution is -2.53. The van der Waals surface area contributed by atoms with Gasteiger partial charge in [-0.1, -0.05) is 54.1 Å². The summed E-state index contributed by atoms with van der Waals surface area (Å²) in [6, 6.07) is 17.1. The van der Waals surface area contributed by atoms with Gasteiger partial charge in [0.2, 0.25) is 5.91 Å². The molecular weight excluding hydrogens is 320 g/mol. The van der Waals surface area contributed by atoms with Crippen LogP contribution in [0.2, 0.25) is 0 Å². The molecule has 0 aromatic heterocycles. The lowest BCUT2D eigenvalue weighted by atomic mass is 9.94. The van der Waals surface area contributed by atoms with E-state index in [1.54, 1.807) is 0 Å². The van der Waals surface area contributed by atoms with Gasteiger partial charge in [-0.2, -0.15) is 0 Å². The molecule has 0 aliphatic carbocycles. The Hall–Kier alpha value is -2.13. The highest BCUT2D eigenvalue weighted by molar-refractivity contribution is 5.76. The van der Waals surface area contributed by atoms with Gasteiger partial charge in [-0.15, -0.1) is 0 Å². The first-order chi connectivity index (χ1) is 12.4. The third-order valence-electron chi connectivity index (χ3n) is 5.43. The van der Waals surface area contributed by atoms with Crippen LogP contribution in [0.1, 0.15) is 42.5 Å². The summed E-state index contributed by atoms with van der Waals surface area (Å²) in [6.45, 7) is 9.22. The number of carbonyl (C=O) groups excluding carboxylic acids is 1. The van der Waals surface area contributed by atoms with Gasteiger partial charge in [0.15, 0.2) is 0 Å². The SMILES string of the molecule is Cc1cccc(CCC(=O)NCC(C)(C)N2CCc3ccccc3C2)c1. The summed E-state index contributed by atoms with van der Waals surface area (Å²) in [6.07, 6.45) is 2.42. The van der Waals surface area contributed by atoms with Gasteiger partial charge in [-0.3, -0.25) is 9.69 Å². The maximum atomic E-state index is 12.3. The van der Waals surface area contributed by atoms with Crippen molar-refractivity contribution in [2.24, 2.45) is 0 Å². The first-order valence-electron chi connectivity index (χ1n) is 9.58. The van der Waals surface area contributed by atoms with Crippen molar-refractivity contribution in [1.82, 2.24) is 10.2 Å². The van der Waals surface area contributed by atoms with Crippen molar-refractivity contribution in [2.45, 2.75) is 52.1 Å². The topological polar surface area (TPSA) is 32.3 Å². The maximum Gasteiger partial charge on any atom is 0.220 e. The predicted octanol–water partition coefficient (Wildman–Crippen LogP) is 3.88. The van der Waals surface area contributed by atoms with Crippen LogP contribution in [0.5, 0.6) is 0 Å². The molecule has 138 valence electrons. The smallest absolute Gasteiger partial charge is 0.220 e. The van der Waals surface area contributed by atoms with Crippen molar-refractivity contribution in [1.29, 1.82) is 0 Å². The highest BCUT2D eigenvalue weighted by Gasteiger charge is 2.29.